The highest BCUT2D eigenvalue weighted by Gasteiger charge is 2.40. The van der Waals surface area contributed by atoms with Gasteiger partial charge in [-0.2, -0.15) is 0 Å². The molecular formula is C23H37ClN2O3. The Morgan fingerprint density at radius 3 is 2.41 bits per heavy atom. The molecule has 5 nitrogen and oxygen atoms in total. The Bertz CT molecular complexity index is 668. The van der Waals surface area contributed by atoms with Crippen LogP contribution in [0.15, 0.2) is 18.2 Å². The second-order valence-corrected chi connectivity index (χ2v) is 9.04. The van der Waals surface area contributed by atoms with Crippen molar-refractivity contribution in [2.75, 3.05) is 13.7 Å². The predicted octanol–water partition coefficient (Wildman–Crippen LogP) is 4.48. The minimum Gasteiger partial charge on any atom is -0.493 e. The number of fused-ring (bicyclic) bond motifs is 2. The quantitative estimate of drug-likeness (QED) is 0.676. The Hall–Kier alpha value is -1.46. The Morgan fingerprint density at radius 1 is 1.17 bits per heavy atom. The number of hydrogen-bond donors (Lipinski definition) is 2. The highest BCUT2D eigenvalue weighted by molar-refractivity contribution is 5.85. The molecule has 2 bridgehead atoms. The summed E-state index contributed by atoms with van der Waals surface area (Å²) in [5.74, 6) is 3.17. The van der Waals surface area contributed by atoms with Gasteiger partial charge in [0.25, 0.3) is 0 Å². The van der Waals surface area contributed by atoms with Crippen LogP contribution in [0.25, 0.3) is 0 Å². The molecule has 6 heteroatoms. The van der Waals surface area contributed by atoms with Gasteiger partial charge in [-0.15, -0.1) is 12.4 Å². The molecule has 1 aromatic carbocycles. The van der Waals surface area contributed by atoms with Gasteiger partial charge in [0.15, 0.2) is 11.5 Å². The molecule has 2 aliphatic carbocycles. The maximum Gasteiger partial charge on any atom is 0.223 e. The van der Waals surface area contributed by atoms with Crippen LogP contribution >= 0.6 is 12.4 Å². The third-order valence-corrected chi connectivity index (χ3v) is 6.40. The summed E-state index contributed by atoms with van der Waals surface area (Å²) in [4.78, 5) is 12.9. The number of nitrogens with one attached hydrogen (secondary N) is 1. The molecule has 0 saturated heterocycles. The van der Waals surface area contributed by atoms with E-state index in [-0.39, 0.29) is 36.3 Å². The van der Waals surface area contributed by atoms with Crippen LogP contribution in [-0.4, -0.2) is 25.7 Å². The van der Waals surface area contributed by atoms with Crippen molar-refractivity contribution in [1.29, 1.82) is 0 Å². The first-order valence-corrected chi connectivity index (χ1v) is 10.8. The molecule has 2 fully saturated rings. The minimum absolute atomic E-state index is 0. The van der Waals surface area contributed by atoms with Gasteiger partial charge in [0.2, 0.25) is 5.91 Å². The zero-order valence-electron chi connectivity index (χ0n) is 18.1. The van der Waals surface area contributed by atoms with E-state index in [1.807, 2.05) is 25.1 Å². The van der Waals surface area contributed by atoms with Crippen molar-refractivity contribution in [3.8, 4) is 11.5 Å². The number of methoxy groups -OCH3 is 1. The number of rotatable bonds is 7. The zero-order valence-corrected chi connectivity index (χ0v) is 19.0. The fourth-order valence-electron chi connectivity index (χ4n) is 4.75. The Labute approximate surface area is 181 Å². The molecule has 2 aliphatic rings. The van der Waals surface area contributed by atoms with Crippen LogP contribution in [0, 0.1) is 23.7 Å². The van der Waals surface area contributed by atoms with Gasteiger partial charge >= 0.3 is 0 Å². The lowest BCUT2D eigenvalue weighted by Crippen LogP contribution is -2.49. The van der Waals surface area contributed by atoms with E-state index >= 15 is 0 Å². The lowest BCUT2D eigenvalue weighted by molar-refractivity contribution is -0.128. The van der Waals surface area contributed by atoms with Gasteiger partial charge in [-0.3, -0.25) is 4.79 Å². The van der Waals surface area contributed by atoms with Gasteiger partial charge in [0.1, 0.15) is 0 Å². The van der Waals surface area contributed by atoms with E-state index in [9.17, 15) is 4.79 Å². The molecule has 3 atom stereocenters. The van der Waals surface area contributed by atoms with Crippen LogP contribution in [0.2, 0.25) is 0 Å². The molecule has 29 heavy (non-hydrogen) atoms. The molecule has 3 unspecified atom stereocenters. The maximum absolute atomic E-state index is 12.9. The second kappa shape index (κ2) is 10.5. The second-order valence-electron chi connectivity index (χ2n) is 9.04. The van der Waals surface area contributed by atoms with Gasteiger partial charge in [-0.05, 0) is 68.1 Å². The first kappa shape index (κ1) is 23.8. The zero-order chi connectivity index (χ0) is 20.3. The van der Waals surface area contributed by atoms with E-state index in [1.54, 1.807) is 7.11 Å². The van der Waals surface area contributed by atoms with E-state index in [1.165, 1.54) is 19.3 Å². The van der Waals surface area contributed by atoms with Crippen molar-refractivity contribution in [2.45, 2.75) is 65.0 Å². The summed E-state index contributed by atoms with van der Waals surface area (Å²) in [5.41, 5.74) is 7.39. The van der Waals surface area contributed by atoms with E-state index in [4.69, 9.17) is 15.2 Å². The maximum atomic E-state index is 12.9. The van der Waals surface area contributed by atoms with Crippen molar-refractivity contribution in [3.63, 3.8) is 0 Å². The normalized spacial score (nSPS) is 27.0. The monoisotopic (exact) mass is 424 g/mol. The summed E-state index contributed by atoms with van der Waals surface area (Å²) in [6.45, 7) is 6.90. The molecule has 3 rings (SSSR count). The lowest BCUT2D eigenvalue weighted by atomic mass is 9.65. The molecule has 0 heterocycles. The summed E-state index contributed by atoms with van der Waals surface area (Å²) in [7, 11) is 1.65. The summed E-state index contributed by atoms with van der Waals surface area (Å²) >= 11 is 0. The number of carbonyl (C=O) groups excluding carboxylic acids is 1. The van der Waals surface area contributed by atoms with Gasteiger partial charge < -0.3 is 20.5 Å². The third kappa shape index (κ3) is 5.79. The number of nitrogens with two attached hydrogens (primary N) is 1. The van der Waals surface area contributed by atoms with Crippen LogP contribution < -0.4 is 20.5 Å². The SMILES string of the molecule is COc1cc(C(C)NC(=O)C2CC3CCCC(C2)C3N)ccc1OCC(C)C.Cl. The molecule has 1 aromatic rings. The van der Waals surface area contributed by atoms with Crippen LogP contribution in [0.1, 0.15) is 64.5 Å². The van der Waals surface area contributed by atoms with Crippen molar-refractivity contribution >= 4 is 18.3 Å². The number of halogens is 1. The Kier molecular flexibility index (Phi) is 8.65. The van der Waals surface area contributed by atoms with Crippen molar-refractivity contribution in [2.24, 2.45) is 29.4 Å². The highest BCUT2D eigenvalue weighted by atomic mass is 35.5. The topological polar surface area (TPSA) is 73.6 Å². The van der Waals surface area contributed by atoms with Gasteiger partial charge in [0.05, 0.1) is 19.8 Å². The molecule has 0 radical (unpaired) electrons. The standard InChI is InChI=1S/C23H36N2O3.ClH/c1-14(2)13-28-20-9-8-16(12-21(20)27-4)15(3)25-23(26)19-10-17-6-5-7-18(11-19)22(17)24;/h8-9,12,14-15,17-19,22H,5-7,10-11,13,24H2,1-4H3,(H,25,26);1H. The highest BCUT2D eigenvalue weighted by Crippen LogP contribution is 2.42. The first-order valence-electron chi connectivity index (χ1n) is 10.8. The van der Waals surface area contributed by atoms with Crippen LogP contribution in [-0.2, 0) is 4.79 Å². The summed E-state index contributed by atoms with van der Waals surface area (Å²) < 4.78 is 11.3. The number of benzene rings is 1. The summed E-state index contributed by atoms with van der Waals surface area (Å²) in [6.07, 6.45) is 5.47. The van der Waals surface area contributed by atoms with Crippen molar-refractivity contribution in [3.05, 3.63) is 23.8 Å². The average Bonchev–Trinajstić information content (AvgIpc) is 2.65. The molecule has 0 aliphatic heterocycles. The smallest absolute Gasteiger partial charge is 0.223 e. The largest absolute Gasteiger partial charge is 0.493 e. The van der Waals surface area contributed by atoms with Crippen LogP contribution in [0.4, 0.5) is 0 Å². The van der Waals surface area contributed by atoms with Crippen LogP contribution in [0.5, 0.6) is 11.5 Å². The number of ether oxygens (including phenoxy) is 2. The predicted molar refractivity (Wildman–Crippen MR) is 119 cm³/mol. The molecule has 2 saturated carbocycles. The number of hydrogen-bond acceptors (Lipinski definition) is 4. The number of carbonyl (C=O) groups is 1. The third-order valence-electron chi connectivity index (χ3n) is 6.40. The van der Waals surface area contributed by atoms with E-state index in [0.717, 1.165) is 24.2 Å². The molecule has 164 valence electrons. The lowest BCUT2D eigenvalue weighted by Gasteiger charge is -2.43. The minimum atomic E-state index is -0.0732. The first-order chi connectivity index (χ1) is 13.4. The van der Waals surface area contributed by atoms with E-state index in [2.05, 4.69) is 19.2 Å². The fraction of sp³-hybridized carbons (Fsp3) is 0.696. The average molecular weight is 425 g/mol. The summed E-state index contributed by atoms with van der Waals surface area (Å²) in [5, 5.41) is 3.21. The summed E-state index contributed by atoms with van der Waals surface area (Å²) in [6, 6.07) is 6.12. The molecule has 0 spiro atoms. The van der Waals surface area contributed by atoms with Crippen LogP contribution in [0.3, 0.4) is 0 Å². The van der Waals surface area contributed by atoms with Crippen molar-refractivity contribution < 1.29 is 14.3 Å². The molecule has 0 aromatic heterocycles. The van der Waals surface area contributed by atoms with Crippen molar-refractivity contribution in [1.82, 2.24) is 5.32 Å². The number of amides is 1. The van der Waals surface area contributed by atoms with Gasteiger partial charge in [-0.1, -0.05) is 26.3 Å². The Morgan fingerprint density at radius 2 is 1.83 bits per heavy atom. The molecule has 3 N–H and O–H groups in total. The van der Waals surface area contributed by atoms with Gasteiger partial charge in [0, 0.05) is 12.0 Å². The Balaban J connectivity index is 0.00000300. The molecular weight excluding hydrogens is 388 g/mol. The fourth-order valence-corrected chi connectivity index (χ4v) is 4.75. The van der Waals surface area contributed by atoms with E-state index in [0.29, 0.717) is 30.1 Å². The van der Waals surface area contributed by atoms with E-state index < -0.39 is 0 Å². The molecule has 1 amide bonds. The van der Waals surface area contributed by atoms with Gasteiger partial charge in [-0.25, -0.2) is 0 Å².